The van der Waals surface area contributed by atoms with Crippen molar-refractivity contribution in [2.45, 2.75) is 5.41 Å². The fraction of sp³-hybridized carbons (Fsp3) is 0.0149. The van der Waals surface area contributed by atoms with Gasteiger partial charge in [0.15, 0.2) is 0 Å². The molecule has 1 aliphatic rings. The van der Waals surface area contributed by atoms with Crippen LogP contribution in [-0.2, 0) is 5.41 Å². The largest absolute Gasteiger partial charge is 0.309 e. The van der Waals surface area contributed by atoms with Gasteiger partial charge in [-0.05, 0) is 124 Å². The maximum atomic E-state index is 2.54. The van der Waals surface area contributed by atoms with E-state index in [9.17, 15) is 0 Å². The van der Waals surface area contributed by atoms with E-state index in [0.29, 0.717) is 0 Å². The van der Waals surface area contributed by atoms with Crippen molar-refractivity contribution in [1.29, 1.82) is 0 Å². The van der Waals surface area contributed by atoms with Crippen LogP contribution in [0.25, 0.3) is 76.8 Å². The van der Waals surface area contributed by atoms with E-state index in [2.05, 4.69) is 278 Å². The minimum absolute atomic E-state index is 0.551. The number of benzene rings is 12. The predicted octanol–water partition coefficient (Wildman–Crippen LogP) is 18.0. The molecule has 12 aromatic rings. The summed E-state index contributed by atoms with van der Waals surface area (Å²) in [7, 11) is 0. The summed E-state index contributed by atoms with van der Waals surface area (Å²) in [5.41, 5.74) is 17.3. The van der Waals surface area contributed by atoms with Crippen LogP contribution in [0.4, 0.5) is 17.1 Å². The van der Waals surface area contributed by atoms with E-state index in [-0.39, 0.29) is 0 Å². The highest BCUT2D eigenvalue weighted by molar-refractivity contribution is 6.14. The molecule has 1 heteroatoms. The minimum atomic E-state index is -0.551. The van der Waals surface area contributed by atoms with Gasteiger partial charge >= 0.3 is 0 Å². The Morgan fingerprint density at radius 1 is 0.265 bits per heavy atom. The van der Waals surface area contributed by atoms with Gasteiger partial charge in [0.25, 0.3) is 0 Å². The molecule has 0 bridgehead atoms. The zero-order chi connectivity index (χ0) is 45.0. The fourth-order valence-electron chi connectivity index (χ4n) is 11.3. The molecule has 0 atom stereocenters. The van der Waals surface area contributed by atoms with Gasteiger partial charge in [-0.15, -0.1) is 0 Å². The molecule has 0 aliphatic heterocycles. The molecule has 0 fully saturated rings. The summed E-state index contributed by atoms with van der Waals surface area (Å²) in [6.07, 6.45) is 0. The van der Waals surface area contributed by atoms with Gasteiger partial charge in [-0.2, -0.15) is 0 Å². The van der Waals surface area contributed by atoms with Crippen molar-refractivity contribution in [1.82, 2.24) is 0 Å². The summed E-state index contributed by atoms with van der Waals surface area (Å²) in [5, 5.41) is 7.46. The first-order valence-electron chi connectivity index (χ1n) is 23.6. The Bertz CT molecular complexity index is 3800. The molecule has 0 radical (unpaired) electrons. The Balaban J connectivity index is 1.11. The van der Waals surface area contributed by atoms with Gasteiger partial charge in [0.05, 0.1) is 16.8 Å². The third-order valence-corrected chi connectivity index (χ3v) is 14.3. The van der Waals surface area contributed by atoms with Gasteiger partial charge in [0, 0.05) is 16.8 Å². The third-order valence-electron chi connectivity index (χ3n) is 14.3. The van der Waals surface area contributed by atoms with Crippen molar-refractivity contribution < 1.29 is 0 Å². The Labute approximate surface area is 397 Å². The second-order valence-electron chi connectivity index (χ2n) is 18.0. The molecule has 0 saturated carbocycles. The third kappa shape index (κ3) is 6.32. The molecule has 0 unspecified atom stereocenters. The van der Waals surface area contributed by atoms with Crippen molar-refractivity contribution >= 4 is 49.4 Å². The molecule has 318 valence electrons. The Morgan fingerprint density at radius 2 is 0.838 bits per heavy atom. The van der Waals surface area contributed by atoms with E-state index in [4.69, 9.17) is 0 Å². The highest BCUT2D eigenvalue weighted by Gasteiger charge is 2.47. The summed E-state index contributed by atoms with van der Waals surface area (Å²) < 4.78 is 0. The van der Waals surface area contributed by atoms with Crippen LogP contribution in [-0.4, -0.2) is 0 Å². The highest BCUT2D eigenvalue weighted by Crippen LogP contribution is 2.60. The second kappa shape index (κ2) is 16.3. The van der Waals surface area contributed by atoms with Crippen molar-refractivity contribution in [3.63, 3.8) is 0 Å². The number of hydrogen-bond acceptors (Lipinski definition) is 1. The number of nitrogens with zero attached hydrogens (tertiary/aromatic N) is 1. The molecular formula is C67H45N. The van der Waals surface area contributed by atoms with E-state index in [1.165, 1.54) is 82.4 Å². The number of anilines is 3. The van der Waals surface area contributed by atoms with E-state index < -0.39 is 5.41 Å². The summed E-state index contributed by atoms with van der Waals surface area (Å²) in [6, 6.07) is 101. The Kier molecular flexibility index (Phi) is 9.47. The van der Waals surface area contributed by atoms with Gasteiger partial charge in [-0.3, -0.25) is 0 Å². The molecule has 0 saturated heterocycles. The zero-order valence-corrected chi connectivity index (χ0v) is 37.4. The molecule has 1 aliphatic carbocycles. The molecule has 0 aromatic heterocycles. The fourth-order valence-corrected chi connectivity index (χ4v) is 11.3. The Hall–Kier alpha value is -8.78. The SMILES string of the molecule is c1ccc(-c2ccc(-c3cc4ccccc4c4ccccc34)cc2N(c2ccc(-c3ccc4ccccc4c3)cc2)c2cccc3c2-c2ccccc2C3(c2ccccc2)c2ccccc2)cc1. The van der Waals surface area contributed by atoms with Crippen LogP contribution >= 0.6 is 0 Å². The molecular weight excluding hydrogens is 819 g/mol. The monoisotopic (exact) mass is 863 g/mol. The van der Waals surface area contributed by atoms with Crippen molar-refractivity contribution in [3.05, 3.63) is 295 Å². The van der Waals surface area contributed by atoms with Crippen LogP contribution < -0.4 is 4.90 Å². The number of fused-ring (bicyclic) bond motifs is 7. The van der Waals surface area contributed by atoms with Gasteiger partial charge in [-0.25, -0.2) is 0 Å². The smallest absolute Gasteiger partial charge is 0.0714 e. The van der Waals surface area contributed by atoms with Crippen molar-refractivity contribution in [2.75, 3.05) is 4.90 Å². The molecule has 68 heavy (non-hydrogen) atoms. The minimum Gasteiger partial charge on any atom is -0.309 e. The molecule has 0 spiro atoms. The molecule has 13 rings (SSSR count). The first-order valence-corrected chi connectivity index (χ1v) is 23.6. The topological polar surface area (TPSA) is 3.24 Å². The molecule has 0 heterocycles. The van der Waals surface area contributed by atoms with Crippen LogP contribution in [0.15, 0.2) is 273 Å². The molecule has 12 aromatic carbocycles. The molecule has 0 N–H and O–H groups in total. The van der Waals surface area contributed by atoms with Crippen LogP contribution in [0.1, 0.15) is 22.3 Å². The standard InChI is InChI=1S/C67H45N/c1-4-20-48(21-5-1)57-42-39-52(61-44-51-23-12-13-28-56(51)58-29-14-15-30-59(58)61)45-65(57)68(55-40-37-47(38-41-55)50-36-35-46-19-10-11-22-49(46)43-50)64-34-18-33-63-66(64)60-31-16-17-32-62(60)67(63,53-24-6-2-7-25-53)54-26-8-3-9-27-54/h1-45H. The Morgan fingerprint density at radius 3 is 1.59 bits per heavy atom. The molecule has 1 nitrogen and oxygen atoms in total. The van der Waals surface area contributed by atoms with Crippen molar-refractivity contribution in [3.8, 4) is 44.5 Å². The lowest BCUT2D eigenvalue weighted by Crippen LogP contribution is -2.28. The van der Waals surface area contributed by atoms with E-state index in [1.807, 2.05) is 0 Å². The lowest BCUT2D eigenvalue weighted by Gasteiger charge is -2.34. The van der Waals surface area contributed by atoms with E-state index in [0.717, 1.165) is 33.8 Å². The first kappa shape index (κ1) is 39.6. The van der Waals surface area contributed by atoms with Gasteiger partial charge in [0.1, 0.15) is 0 Å². The summed E-state index contributed by atoms with van der Waals surface area (Å²) in [6.45, 7) is 0. The van der Waals surface area contributed by atoms with Gasteiger partial charge in [-0.1, -0.05) is 237 Å². The average Bonchev–Trinajstić information content (AvgIpc) is 3.73. The zero-order valence-electron chi connectivity index (χ0n) is 37.4. The quantitative estimate of drug-likeness (QED) is 0.138. The van der Waals surface area contributed by atoms with E-state index in [1.54, 1.807) is 0 Å². The lowest BCUT2D eigenvalue weighted by molar-refractivity contribution is 0.768. The number of rotatable bonds is 8. The average molecular weight is 864 g/mol. The summed E-state index contributed by atoms with van der Waals surface area (Å²) in [4.78, 5) is 2.54. The van der Waals surface area contributed by atoms with Crippen molar-refractivity contribution in [2.24, 2.45) is 0 Å². The predicted molar refractivity (Wildman–Crippen MR) is 287 cm³/mol. The van der Waals surface area contributed by atoms with Crippen LogP contribution in [0.2, 0.25) is 0 Å². The van der Waals surface area contributed by atoms with Gasteiger partial charge < -0.3 is 4.90 Å². The normalized spacial score (nSPS) is 12.5. The van der Waals surface area contributed by atoms with Crippen LogP contribution in [0.3, 0.4) is 0 Å². The van der Waals surface area contributed by atoms with Crippen LogP contribution in [0.5, 0.6) is 0 Å². The van der Waals surface area contributed by atoms with Crippen LogP contribution in [0, 0.1) is 0 Å². The first-order chi connectivity index (χ1) is 33.7. The van der Waals surface area contributed by atoms with Gasteiger partial charge in [0.2, 0.25) is 0 Å². The highest BCUT2D eigenvalue weighted by atomic mass is 15.1. The maximum Gasteiger partial charge on any atom is 0.0714 e. The maximum absolute atomic E-state index is 2.54. The lowest BCUT2D eigenvalue weighted by atomic mass is 9.68. The van der Waals surface area contributed by atoms with E-state index >= 15 is 0 Å². The molecule has 0 amide bonds. The second-order valence-corrected chi connectivity index (χ2v) is 18.0. The number of hydrogen-bond donors (Lipinski definition) is 0. The summed E-state index contributed by atoms with van der Waals surface area (Å²) >= 11 is 0. The summed E-state index contributed by atoms with van der Waals surface area (Å²) in [5.74, 6) is 0.